The highest BCUT2D eigenvalue weighted by Gasteiger charge is 2.01. The molecule has 1 nitrogen and oxygen atoms in total. The third-order valence-corrected chi connectivity index (χ3v) is 2.65. The SMILES string of the molecule is Nc1cc(Cl)cc(Cl)c1Br. The third kappa shape index (κ3) is 1.57. The molecular weight excluding hydrogens is 237 g/mol. The van der Waals surface area contributed by atoms with E-state index in [1.54, 1.807) is 12.1 Å². The van der Waals surface area contributed by atoms with E-state index in [0.29, 0.717) is 20.2 Å². The van der Waals surface area contributed by atoms with Crippen molar-refractivity contribution in [1.29, 1.82) is 0 Å². The summed E-state index contributed by atoms with van der Waals surface area (Å²) < 4.78 is 0.693. The van der Waals surface area contributed by atoms with Crippen LogP contribution in [-0.4, -0.2) is 0 Å². The molecule has 0 heterocycles. The monoisotopic (exact) mass is 239 g/mol. The van der Waals surface area contributed by atoms with E-state index < -0.39 is 0 Å². The maximum atomic E-state index is 5.71. The van der Waals surface area contributed by atoms with E-state index in [9.17, 15) is 0 Å². The van der Waals surface area contributed by atoms with Crippen LogP contribution < -0.4 is 5.73 Å². The Balaban J connectivity index is 3.31. The number of halogens is 3. The van der Waals surface area contributed by atoms with E-state index >= 15 is 0 Å². The van der Waals surface area contributed by atoms with Gasteiger partial charge >= 0.3 is 0 Å². The van der Waals surface area contributed by atoms with E-state index in [2.05, 4.69) is 15.9 Å². The Labute approximate surface area is 77.2 Å². The van der Waals surface area contributed by atoms with Crippen LogP contribution >= 0.6 is 39.1 Å². The summed E-state index contributed by atoms with van der Waals surface area (Å²) in [6, 6.07) is 3.26. The second-order valence-corrected chi connectivity index (χ2v) is 3.43. The van der Waals surface area contributed by atoms with Crippen LogP contribution in [0.2, 0.25) is 10.0 Å². The molecule has 2 N–H and O–H groups in total. The summed E-state index contributed by atoms with van der Waals surface area (Å²) in [6.07, 6.45) is 0. The quantitative estimate of drug-likeness (QED) is 0.547. The standard InChI is InChI=1S/C6H4BrCl2N/c7-6-4(9)1-3(8)2-5(6)10/h1-2H,10H2. The molecule has 0 aromatic heterocycles. The van der Waals surface area contributed by atoms with Crippen molar-refractivity contribution >= 4 is 44.8 Å². The van der Waals surface area contributed by atoms with Gasteiger partial charge in [-0.1, -0.05) is 23.2 Å². The Morgan fingerprint density at radius 2 is 1.90 bits per heavy atom. The van der Waals surface area contributed by atoms with Crippen LogP contribution in [0.25, 0.3) is 0 Å². The van der Waals surface area contributed by atoms with E-state index in [1.165, 1.54) is 0 Å². The Morgan fingerprint density at radius 1 is 1.30 bits per heavy atom. The fourth-order valence-electron chi connectivity index (χ4n) is 0.576. The van der Waals surface area contributed by atoms with Gasteiger partial charge in [-0.05, 0) is 28.1 Å². The lowest BCUT2D eigenvalue weighted by atomic mass is 10.3. The van der Waals surface area contributed by atoms with Crippen LogP contribution in [-0.2, 0) is 0 Å². The fraction of sp³-hybridized carbons (Fsp3) is 0. The highest BCUT2D eigenvalue weighted by molar-refractivity contribution is 9.10. The van der Waals surface area contributed by atoms with E-state index in [1.807, 2.05) is 0 Å². The summed E-state index contributed by atoms with van der Waals surface area (Å²) in [7, 11) is 0. The number of anilines is 1. The van der Waals surface area contributed by atoms with Gasteiger partial charge in [0.25, 0.3) is 0 Å². The molecule has 4 heteroatoms. The minimum Gasteiger partial charge on any atom is -0.398 e. The zero-order valence-electron chi connectivity index (χ0n) is 4.87. The van der Waals surface area contributed by atoms with E-state index in [4.69, 9.17) is 28.9 Å². The number of nitrogen functional groups attached to an aromatic ring is 1. The van der Waals surface area contributed by atoms with Crippen molar-refractivity contribution in [3.8, 4) is 0 Å². The molecule has 0 aliphatic rings. The lowest BCUT2D eigenvalue weighted by Crippen LogP contribution is -1.86. The molecule has 0 radical (unpaired) electrons. The van der Waals surface area contributed by atoms with Crippen molar-refractivity contribution < 1.29 is 0 Å². The molecule has 0 bridgehead atoms. The maximum Gasteiger partial charge on any atom is 0.0592 e. The van der Waals surface area contributed by atoms with Crippen molar-refractivity contribution in [2.75, 3.05) is 5.73 Å². The average Bonchev–Trinajstić information content (AvgIpc) is 1.82. The summed E-state index contributed by atoms with van der Waals surface area (Å²) in [5.41, 5.74) is 6.06. The molecule has 0 unspecified atom stereocenters. The molecule has 1 aromatic carbocycles. The number of nitrogens with two attached hydrogens (primary N) is 1. The normalized spacial score (nSPS) is 9.90. The summed E-state index contributed by atoms with van der Waals surface area (Å²) in [5, 5.41) is 1.08. The van der Waals surface area contributed by atoms with E-state index in [-0.39, 0.29) is 0 Å². The highest BCUT2D eigenvalue weighted by Crippen LogP contribution is 2.31. The van der Waals surface area contributed by atoms with Crippen LogP contribution in [0, 0.1) is 0 Å². The second kappa shape index (κ2) is 2.99. The van der Waals surface area contributed by atoms with Gasteiger partial charge in [0.05, 0.1) is 9.50 Å². The Kier molecular flexibility index (Phi) is 2.45. The number of benzene rings is 1. The Morgan fingerprint density at radius 3 is 2.40 bits per heavy atom. The van der Waals surface area contributed by atoms with Gasteiger partial charge in [-0.25, -0.2) is 0 Å². The minimum absolute atomic E-state index is 0.532. The van der Waals surface area contributed by atoms with Gasteiger partial charge in [0.15, 0.2) is 0 Å². The van der Waals surface area contributed by atoms with Crippen LogP contribution in [0.3, 0.4) is 0 Å². The molecule has 54 valence electrons. The van der Waals surface area contributed by atoms with Crippen molar-refractivity contribution in [2.45, 2.75) is 0 Å². The Bertz CT molecular complexity index is 239. The summed E-state index contributed by atoms with van der Waals surface area (Å²) >= 11 is 14.5. The Hall–Kier alpha value is 0.0800. The molecule has 1 aromatic rings. The first-order valence-corrected chi connectivity index (χ1v) is 4.06. The fourth-order valence-corrected chi connectivity index (χ4v) is 1.31. The lowest BCUT2D eigenvalue weighted by Gasteiger charge is -1.99. The maximum absolute atomic E-state index is 5.71. The van der Waals surface area contributed by atoms with Crippen LogP contribution in [0.4, 0.5) is 5.69 Å². The minimum atomic E-state index is 0.532. The third-order valence-electron chi connectivity index (χ3n) is 1.02. The molecule has 1 rings (SSSR count). The van der Waals surface area contributed by atoms with Gasteiger partial charge in [0.1, 0.15) is 0 Å². The van der Waals surface area contributed by atoms with Gasteiger partial charge in [-0.15, -0.1) is 0 Å². The summed E-state index contributed by atoms with van der Waals surface area (Å²) in [6.45, 7) is 0. The van der Waals surface area contributed by atoms with Crippen molar-refractivity contribution in [3.05, 3.63) is 26.7 Å². The largest absolute Gasteiger partial charge is 0.398 e. The molecule has 0 saturated carbocycles. The summed E-state index contributed by atoms with van der Waals surface area (Å²) in [4.78, 5) is 0. The molecule has 0 saturated heterocycles. The number of rotatable bonds is 0. The molecule has 0 atom stereocenters. The summed E-state index contributed by atoms with van der Waals surface area (Å²) in [5.74, 6) is 0. The highest BCUT2D eigenvalue weighted by atomic mass is 79.9. The second-order valence-electron chi connectivity index (χ2n) is 1.79. The molecule has 0 amide bonds. The van der Waals surface area contributed by atoms with Crippen molar-refractivity contribution in [1.82, 2.24) is 0 Å². The molecule has 0 aliphatic carbocycles. The van der Waals surface area contributed by atoms with Gasteiger partial charge < -0.3 is 5.73 Å². The molecular formula is C6H4BrCl2N. The lowest BCUT2D eigenvalue weighted by molar-refractivity contribution is 1.63. The zero-order valence-corrected chi connectivity index (χ0v) is 7.96. The van der Waals surface area contributed by atoms with Crippen LogP contribution in [0.5, 0.6) is 0 Å². The zero-order chi connectivity index (χ0) is 7.72. The van der Waals surface area contributed by atoms with E-state index in [0.717, 1.165) is 0 Å². The molecule has 0 fully saturated rings. The predicted molar refractivity (Wildman–Crippen MR) is 48.6 cm³/mol. The molecule has 0 aliphatic heterocycles. The van der Waals surface area contributed by atoms with Crippen molar-refractivity contribution in [2.24, 2.45) is 0 Å². The first-order valence-electron chi connectivity index (χ1n) is 2.51. The predicted octanol–water partition coefficient (Wildman–Crippen LogP) is 3.34. The van der Waals surface area contributed by atoms with Gasteiger partial charge in [0, 0.05) is 10.7 Å². The number of hydrogen-bond acceptors (Lipinski definition) is 1. The first kappa shape index (κ1) is 8.18. The van der Waals surface area contributed by atoms with Gasteiger partial charge in [0.2, 0.25) is 0 Å². The van der Waals surface area contributed by atoms with Gasteiger partial charge in [-0.3, -0.25) is 0 Å². The topological polar surface area (TPSA) is 26.0 Å². The van der Waals surface area contributed by atoms with Gasteiger partial charge in [-0.2, -0.15) is 0 Å². The molecule has 0 spiro atoms. The number of hydrogen-bond donors (Lipinski definition) is 1. The molecule has 10 heavy (non-hydrogen) atoms. The first-order chi connectivity index (χ1) is 4.61. The smallest absolute Gasteiger partial charge is 0.0592 e. The average molecular weight is 241 g/mol. The van der Waals surface area contributed by atoms with Crippen LogP contribution in [0.15, 0.2) is 16.6 Å². The van der Waals surface area contributed by atoms with Crippen molar-refractivity contribution in [3.63, 3.8) is 0 Å². The van der Waals surface area contributed by atoms with Crippen LogP contribution in [0.1, 0.15) is 0 Å².